The van der Waals surface area contributed by atoms with E-state index in [2.05, 4.69) is 78.9 Å². The van der Waals surface area contributed by atoms with Crippen molar-refractivity contribution < 1.29 is 19.2 Å². The lowest BCUT2D eigenvalue weighted by molar-refractivity contribution is 0.0975. The molecule has 254 valence electrons. The predicted molar refractivity (Wildman–Crippen MR) is 213 cm³/mol. The second-order valence-corrected chi connectivity index (χ2v) is 14.9. The fraction of sp³-hybridized carbons (Fsp3) is 0.0204. The molecule has 54 heavy (non-hydrogen) atoms. The van der Waals surface area contributed by atoms with E-state index >= 15 is 0 Å². The maximum Gasteiger partial charge on any atom is 0.197 e. The van der Waals surface area contributed by atoms with Crippen molar-refractivity contribution in [3.05, 3.63) is 224 Å². The van der Waals surface area contributed by atoms with Gasteiger partial charge in [0.2, 0.25) is 0 Å². The fourth-order valence-electron chi connectivity index (χ4n) is 8.45. The first-order valence-electron chi connectivity index (χ1n) is 17.7. The zero-order valence-corrected chi connectivity index (χ0v) is 29.5. The molecule has 6 aromatic carbocycles. The van der Waals surface area contributed by atoms with Gasteiger partial charge in [0.15, 0.2) is 23.1 Å². The number of hydrogen-bond acceptors (Lipinski definition) is 5. The standard InChI is InChI=1S/C49H28O4S/c50-45-36-15-7-8-16-37(36)46(51)40(45)25-29-19-22-34-35-23-20-30(44-24-21-33(54-44)28-41-47(52)38-17-9-10-18-39(38)48(41)53)27-43(35)49(42(34)26-29,31-11-3-1-4-12-31)32-13-5-2-6-14-32/h1-28H. The summed E-state index contributed by atoms with van der Waals surface area (Å²) in [7, 11) is 0. The van der Waals surface area contributed by atoms with E-state index in [0.29, 0.717) is 22.3 Å². The van der Waals surface area contributed by atoms with Crippen LogP contribution in [0.4, 0.5) is 0 Å². The van der Waals surface area contributed by atoms with Gasteiger partial charge in [-0.1, -0.05) is 133 Å². The Labute approximate surface area is 315 Å². The minimum absolute atomic E-state index is 0.173. The van der Waals surface area contributed by atoms with Crippen LogP contribution in [0.1, 0.15) is 74.1 Å². The zero-order chi connectivity index (χ0) is 36.6. The van der Waals surface area contributed by atoms with E-state index in [1.807, 2.05) is 30.3 Å². The number of fused-ring (bicyclic) bond motifs is 5. The number of ketones is 4. The first kappa shape index (κ1) is 31.9. The Morgan fingerprint density at radius 2 is 0.870 bits per heavy atom. The molecule has 0 bridgehead atoms. The average Bonchev–Trinajstić information content (AvgIpc) is 3.94. The lowest BCUT2D eigenvalue weighted by atomic mass is 9.67. The van der Waals surface area contributed by atoms with Gasteiger partial charge in [-0.25, -0.2) is 0 Å². The van der Waals surface area contributed by atoms with E-state index in [0.717, 1.165) is 54.3 Å². The first-order valence-corrected chi connectivity index (χ1v) is 18.6. The van der Waals surface area contributed by atoms with E-state index in [1.165, 1.54) is 11.3 Å². The molecule has 0 spiro atoms. The summed E-state index contributed by atoms with van der Waals surface area (Å²) in [5, 5.41) is 0. The van der Waals surface area contributed by atoms with Crippen LogP contribution in [0.25, 0.3) is 33.7 Å². The van der Waals surface area contributed by atoms with Crippen molar-refractivity contribution in [1.82, 2.24) is 0 Å². The molecule has 0 radical (unpaired) electrons. The van der Waals surface area contributed by atoms with Crippen molar-refractivity contribution in [2.45, 2.75) is 5.41 Å². The molecule has 5 heteroatoms. The van der Waals surface area contributed by atoms with Gasteiger partial charge in [-0.05, 0) is 80.9 Å². The molecule has 10 rings (SSSR count). The van der Waals surface area contributed by atoms with E-state index in [9.17, 15) is 19.2 Å². The van der Waals surface area contributed by atoms with Crippen molar-refractivity contribution in [2.24, 2.45) is 0 Å². The fourth-order valence-corrected chi connectivity index (χ4v) is 9.40. The zero-order valence-electron chi connectivity index (χ0n) is 28.7. The molecule has 0 atom stereocenters. The number of Topliss-reactive ketones (excluding diaryl/α,β-unsaturated/α-hetero) is 4. The molecule has 1 aromatic heterocycles. The highest BCUT2D eigenvalue weighted by Gasteiger charge is 2.46. The van der Waals surface area contributed by atoms with E-state index in [4.69, 9.17) is 0 Å². The lowest BCUT2D eigenvalue weighted by Crippen LogP contribution is -2.28. The smallest absolute Gasteiger partial charge is 0.197 e. The highest BCUT2D eigenvalue weighted by Crippen LogP contribution is 2.57. The second kappa shape index (κ2) is 12.1. The van der Waals surface area contributed by atoms with Gasteiger partial charge >= 0.3 is 0 Å². The summed E-state index contributed by atoms with van der Waals surface area (Å²) in [4.78, 5) is 55.0. The summed E-state index contributed by atoms with van der Waals surface area (Å²) in [5.74, 6) is -0.979. The van der Waals surface area contributed by atoms with Crippen LogP contribution in [0.5, 0.6) is 0 Å². The molecule has 0 unspecified atom stereocenters. The van der Waals surface area contributed by atoms with Crippen LogP contribution >= 0.6 is 11.3 Å². The number of carbonyl (C=O) groups excluding carboxylic acids is 4. The molecule has 7 aromatic rings. The summed E-state index contributed by atoms with van der Waals surface area (Å²) in [6.45, 7) is 0. The lowest BCUT2D eigenvalue weighted by Gasteiger charge is -2.34. The van der Waals surface area contributed by atoms with E-state index in [-0.39, 0.29) is 34.3 Å². The Morgan fingerprint density at radius 1 is 0.407 bits per heavy atom. The van der Waals surface area contributed by atoms with Gasteiger partial charge in [0.25, 0.3) is 0 Å². The number of benzene rings is 6. The number of rotatable bonds is 5. The normalized spacial score (nSPS) is 14.9. The third-order valence-corrected chi connectivity index (χ3v) is 12.0. The molecule has 0 saturated carbocycles. The summed E-state index contributed by atoms with van der Waals surface area (Å²) in [5.41, 5.74) is 9.75. The largest absolute Gasteiger partial charge is 0.288 e. The predicted octanol–water partition coefficient (Wildman–Crippen LogP) is 10.7. The Bertz CT molecular complexity index is 2720. The van der Waals surface area contributed by atoms with E-state index < -0.39 is 5.41 Å². The molecule has 0 amide bonds. The Morgan fingerprint density at radius 3 is 1.41 bits per heavy atom. The van der Waals surface area contributed by atoms with Crippen LogP contribution in [-0.4, -0.2) is 23.1 Å². The van der Waals surface area contributed by atoms with Crippen LogP contribution in [0.15, 0.2) is 169 Å². The van der Waals surface area contributed by atoms with Crippen LogP contribution in [-0.2, 0) is 5.41 Å². The summed E-state index contributed by atoms with van der Waals surface area (Å²) >= 11 is 1.54. The van der Waals surface area contributed by atoms with Crippen molar-refractivity contribution in [2.75, 3.05) is 0 Å². The summed E-state index contributed by atoms with van der Waals surface area (Å²) < 4.78 is 0. The molecule has 0 aliphatic heterocycles. The van der Waals surface area contributed by atoms with Crippen LogP contribution < -0.4 is 0 Å². The minimum Gasteiger partial charge on any atom is -0.288 e. The van der Waals surface area contributed by atoms with Crippen molar-refractivity contribution in [3.63, 3.8) is 0 Å². The summed E-state index contributed by atoms with van der Waals surface area (Å²) in [6.07, 6.45) is 3.45. The van der Waals surface area contributed by atoms with Gasteiger partial charge in [-0.3, -0.25) is 19.2 Å². The quantitative estimate of drug-likeness (QED) is 0.132. The highest BCUT2D eigenvalue weighted by molar-refractivity contribution is 7.16. The third kappa shape index (κ3) is 4.62. The van der Waals surface area contributed by atoms with Gasteiger partial charge in [0, 0.05) is 32.0 Å². The summed E-state index contributed by atoms with van der Waals surface area (Å²) in [6, 6.07) is 51.7. The molecule has 0 saturated heterocycles. The average molecular weight is 713 g/mol. The Kier molecular flexibility index (Phi) is 7.16. The van der Waals surface area contributed by atoms with Crippen LogP contribution in [0.3, 0.4) is 0 Å². The molecule has 1 heterocycles. The monoisotopic (exact) mass is 712 g/mol. The third-order valence-electron chi connectivity index (χ3n) is 10.9. The van der Waals surface area contributed by atoms with Crippen molar-refractivity contribution in [1.29, 1.82) is 0 Å². The molecule has 3 aliphatic carbocycles. The Balaban J connectivity index is 1.13. The van der Waals surface area contributed by atoms with Gasteiger partial charge < -0.3 is 0 Å². The van der Waals surface area contributed by atoms with E-state index in [1.54, 1.807) is 60.7 Å². The van der Waals surface area contributed by atoms with Gasteiger partial charge in [-0.15, -0.1) is 11.3 Å². The van der Waals surface area contributed by atoms with Crippen molar-refractivity contribution >= 4 is 46.6 Å². The molecule has 0 fully saturated rings. The second-order valence-electron chi connectivity index (χ2n) is 13.8. The number of allylic oxidation sites excluding steroid dienone is 2. The van der Waals surface area contributed by atoms with Crippen LogP contribution in [0.2, 0.25) is 0 Å². The van der Waals surface area contributed by atoms with Crippen molar-refractivity contribution in [3.8, 4) is 21.6 Å². The maximum atomic E-state index is 13.4. The van der Waals surface area contributed by atoms with Gasteiger partial charge in [0.05, 0.1) is 16.6 Å². The molecule has 3 aliphatic rings. The molecule has 0 N–H and O–H groups in total. The van der Waals surface area contributed by atoms with Gasteiger partial charge in [-0.2, -0.15) is 0 Å². The maximum absolute atomic E-state index is 13.4. The van der Waals surface area contributed by atoms with Gasteiger partial charge in [0.1, 0.15) is 0 Å². The molecular formula is C49H28O4S. The van der Waals surface area contributed by atoms with Crippen LogP contribution in [0, 0.1) is 0 Å². The number of hydrogen-bond donors (Lipinski definition) is 0. The molecular weight excluding hydrogens is 685 g/mol. The topological polar surface area (TPSA) is 68.3 Å². The highest BCUT2D eigenvalue weighted by atomic mass is 32.1. The minimum atomic E-state index is -0.721. The molecule has 4 nitrogen and oxygen atoms in total. The Hall–Kier alpha value is -6.82. The number of carbonyl (C=O) groups is 4. The SMILES string of the molecule is O=C1C(=Cc2ccc3c(c2)C(c2ccccc2)(c2ccccc2)c2cc(-c4ccc(C=C5C(=O)c6ccccc6C5=O)s4)ccc2-3)C(=O)c2ccccc21. The number of thiophene rings is 1. The first-order chi connectivity index (χ1) is 26.4.